The molecule has 0 saturated carbocycles. The quantitative estimate of drug-likeness (QED) is 0.417. The van der Waals surface area contributed by atoms with Crippen LogP contribution in [0.3, 0.4) is 0 Å². The van der Waals surface area contributed by atoms with Crippen LogP contribution in [-0.4, -0.2) is 52.4 Å². The minimum atomic E-state index is -0.142. The first-order valence-electron chi connectivity index (χ1n) is 10.5. The van der Waals surface area contributed by atoms with Crippen LogP contribution in [0.4, 0.5) is 5.69 Å². The standard InChI is InChI=1S/C24H26N2O4S2/c1-2-30-20-12-10-18(11-13-20)17-21-23(29)26(24(31)32-21)14-6-9-22(28)25(15-16-27)19-7-4-3-5-8-19/h3-5,7-8,10-13,17,27H,2,6,9,14-16H2,1H3. The van der Waals surface area contributed by atoms with Crippen molar-refractivity contribution < 1.29 is 19.4 Å². The van der Waals surface area contributed by atoms with Gasteiger partial charge in [-0.05, 0) is 49.2 Å². The van der Waals surface area contributed by atoms with Crippen molar-refractivity contribution in [3.05, 3.63) is 65.1 Å². The lowest BCUT2D eigenvalue weighted by atomic mass is 10.2. The zero-order valence-electron chi connectivity index (χ0n) is 17.9. The molecule has 1 N–H and O–H groups in total. The van der Waals surface area contributed by atoms with Crippen LogP contribution in [0.2, 0.25) is 0 Å². The first kappa shape index (κ1) is 24.0. The van der Waals surface area contributed by atoms with Crippen LogP contribution in [0.25, 0.3) is 6.08 Å². The third-order valence-corrected chi connectivity index (χ3v) is 6.21. The fourth-order valence-corrected chi connectivity index (χ4v) is 4.61. The molecule has 0 aromatic heterocycles. The highest BCUT2D eigenvalue weighted by atomic mass is 32.2. The number of benzene rings is 2. The van der Waals surface area contributed by atoms with Crippen molar-refractivity contribution in [1.82, 2.24) is 4.90 Å². The molecule has 1 saturated heterocycles. The van der Waals surface area contributed by atoms with Crippen LogP contribution in [0.5, 0.6) is 5.75 Å². The third kappa shape index (κ3) is 6.18. The number of thiocarbonyl (C=S) groups is 1. The molecule has 3 rings (SSSR count). The summed E-state index contributed by atoms with van der Waals surface area (Å²) >= 11 is 6.66. The summed E-state index contributed by atoms with van der Waals surface area (Å²) in [5, 5.41) is 9.33. The van der Waals surface area contributed by atoms with Crippen molar-refractivity contribution in [1.29, 1.82) is 0 Å². The summed E-state index contributed by atoms with van der Waals surface area (Å²) in [6.45, 7) is 3.02. The van der Waals surface area contributed by atoms with E-state index in [4.69, 9.17) is 17.0 Å². The highest BCUT2D eigenvalue weighted by molar-refractivity contribution is 8.26. The van der Waals surface area contributed by atoms with Crippen molar-refractivity contribution in [3.8, 4) is 5.75 Å². The molecular weight excluding hydrogens is 444 g/mol. The number of ether oxygens (including phenoxy) is 1. The molecule has 32 heavy (non-hydrogen) atoms. The van der Waals surface area contributed by atoms with Crippen LogP contribution >= 0.6 is 24.0 Å². The highest BCUT2D eigenvalue weighted by Gasteiger charge is 2.31. The van der Waals surface area contributed by atoms with Gasteiger partial charge in [-0.2, -0.15) is 0 Å². The molecule has 0 aliphatic carbocycles. The number of hydrogen-bond donors (Lipinski definition) is 1. The van der Waals surface area contributed by atoms with Crippen molar-refractivity contribution in [2.75, 3.05) is 31.2 Å². The van der Waals surface area contributed by atoms with Crippen LogP contribution < -0.4 is 9.64 Å². The molecule has 1 fully saturated rings. The van der Waals surface area contributed by atoms with E-state index in [1.165, 1.54) is 11.8 Å². The van der Waals surface area contributed by atoms with Crippen molar-refractivity contribution >= 4 is 51.9 Å². The first-order valence-corrected chi connectivity index (χ1v) is 11.7. The Kier molecular flexibility index (Phi) is 8.84. The Bertz CT molecular complexity index is 977. The molecule has 1 aliphatic heterocycles. The molecular formula is C24H26N2O4S2. The molecule has 0 spiro atoms. The second kappa shape index (κ2) is 11.8. The molecule has 2 aromatic rings. The number of aliphatic hydroxyl groups is 1. The van der Waals surface area contributed by atoms with Gasteiger partial charge in [0.2, 0.25) is 5.91 Å². The van der Waals surface area contributed by atoms with Gasteiger partial charge in [0.05, 0.1) is 18.1 Å². The van der Waals surface area contributed by atoms with Gasteiger partial charge >= 0.3 is 0 Å². The molecule has 2 aromatic carbocycles. The molecule has 1 aliphatic rings. The predicted octanol–water partition coefficient (Wildman–Crippen LogP) is 4.09. The van der Waals surface area contributed by atoms with Crippen molar-refractivity contribution in [3.63, 3.8) is 0 Å². The van der Waals surface area contributed by atoms with E-state index in [1.54, 1.807) is 9.80 Å². The van der Waals surface area contributed by atoms with Crippen molar-refractivity contribution in [2.24, 2.45) is 0 Å². The number of rotatable bonds is 10. The number of aliphatic hydroxyl groups excluding tert-OH is 1. The number of para-hydroxylation sites is 1. The summed E-state index contributed by atoms with van der Waals surface area (Å²) in [5.74, 6) is 0.546. The maximum absolute atomic E-state index is 12.8. The number of nitrogens with zero attached hydrogens (tertiary/aromatic N) is 2. The smallest absolute Gasteiger partial charge is 0.266 e. The Morgan fingerprint density at radius 3 is 2.56 bits per heavy atom. The Morgan fingerprint density at radius 1 is 1.19 bits per heavy atom. The SMILES string of the molecule is CCOc1ccc(C=C2SC(=S)N(CCCC(=O)N(CCO)c3ccccc3)C2=O)cc1. The Morgan fingerprint density at radius 2 is 1.91 bits per heavy atom. The molecule has 6 nitrogen and oxygen atoms in total. The largest absolute Gasteiger partial charge is 0.494 e. The van der Waals surface area contributed by atoms with Crippen LogP contribution in [0.15, 0.2) is 59.5 Å². The van der Waals surface area contributed by atoms with Gasteiger partial charge in [0.15, 0.2) is 0 Å². The molecule has 0 unspecified atom stereocenters. The normalized spacial score (nSPS) is 14.8. The zero-order valence-corrected chi connectivity index (χ0v) is 19.5. The number of anilines is 1. The Labute approximate surface area is 197 Å². The van der Waals surface area contributed by atoms with Gasteiger partial charge in [-0.3, -0.25) is 14.5 Å². The van der Waals surface area contributed by atoms with Gasteiger partial charge in [-0.1, -0.05) is 54.3 Å². The third-order valence-electron chi connectivity index (χ3n) is 4.83. The van der Waals surface area contributed by atoms with E-state index >= 15 is 0 Å². The molecule has 8 heteroatoms. The van der Waals surface area contributed by atoms with Crippen LogP contribution in [0.1, 0.15) is 25.3 Å². The molecule has 0 atom stereocenters. The highest BCUT2D eigenvalue weighted by Crippen LogP contribution is 2.33. The summed E-state index contributed by atoms with van der Waals surface area (Å²) in [6, 6.07) is 16.8. The summed E-state index contributed by atoms with van der Waals surface area (Å²) in [5.41, 5.74) is 1.64. The number of amides is 2. The maximum atomic E-state index is 12.8. The number of hydrogen-bond acceptors (Lipinski definition) is 6. The van der Waals surface area contributed by atoms with E-state index in [2.05, 4.69) is 0 Å². The van der Waals surface area contributed by atoms with E-state index in [0.29, 0.717) is 28.8 Å². The van der Waals surface area contributed by atoms with Gasteiger partial charge in [-0.25, -0.2) is 0 Å². The fraction of sp³-hybridized carbons (Fsp3) is 0.292. The van der Waals surface area contributed by atoms with E-state index in [1.807, 2.05) is 67.6 Å². The molecule has 1 heterocycles. The lowest BCUT2D eigenvalue weighted by Crippen LogP contribution is -2.35. The van der Waals surface area contributed by atoms with Gasteiger partial charge in [-0.15, -0.1) is 0 Å². The predicted molar refractivity (Wildman–Crippen MR) is 133 cm³/mol. The van der Waals surface area contributed by atoms with E-state index < -0.39 is 0 Å². The van der Waals surface area contributed by atoms with Crippen LogP contribution in [0, 0.1) is 0 Å². The summed E-state index contributed by atoms with van der Waals surface area (Å²) in [7, 11) is 0. The molecule has 0 radical (unpaired) electrons. The molecule has 168 valence electrons. The topological polar surface area (TPSA) is 70.1 Å². The average Bonchev–Trinajstić information content (AvgIpc) is 3.06. The van der Waals surface area contributed by atoms with Gasteiger partial charge in [0, 0.05) is 25.2 Å². The Hall–Kier alpha value is -2.68. The maximum Gasteiger partial charge on any atom is 0.266 e. The minimum Gasteiger partial charge on any atom is -0.494 e. The minimum absolute atomic E-state index is 0.0966. The summed E-state index contributed by atoms with van der Waals surface area (Å²) in [4.78, 5) is 29.2. The van der Waals surface area contributed by atoms with Gasteiger partial charge in [0.25, 0.3) is 5.91 Å². The summed E-state index contributed by atoms with van der Waals surface area (Å²) in [6.07, 6.45) is 2.55. The molecule has 2 amide bonds. The second-order valence-corrected chi connectivity index (χ2v) is 8.72. The molecule has 0 bridgehead atoms. The fourth-order valence-electron chi connectivity index (χ4n) is 3.30. The monoisotopic (exact) mass is 470 g/mol. The van der Waals surface area contributed by atoms with Gasteiger partial charge < -0.3 is 14.7 Å². The Balaban J connectivity index is 1.57. The van der Waals surface area contributed by atoms with E-state index in [0.717, 1.165) is 17.0 Å². The number of thioether (sulfide) groups is 1. The average molecular weight is 471 g/mol. The van der Waals surface area contributed by atoms with Crippen molar-refractivity contribution in [2.45, 2.75) is 19.8 Å². The van der Waals surface area contributed by atoms with Crippen LogP contribution in [-0.2, 0) is 9.59 Å². The summed E-state index contributed by atoms with van der Waals surface area (Å²) < 4.78 is 5.94. The van der Waals surface area contributed by atoms with Gasteiger partial charge in [0.1, 0.15) is 10.1 Å². The number of carbonyl (C=O) groups is 2. The van der Waals surface area contributed by atoms with E-state index in [-0.39, 0.29) is 31.4 Å². The van der Waals surface area contributed by atoms with E-state index in [9.17, 15) is 14.7 Å². The second-order valence-electron chi connectivity index (χ2n) is 7.04. The number of carbonyl (C=O) groups excluding carboxylic acids is 2. The first-order chi connectivity index (χ1) is 15.5. The lowest BCUT2D eigenvalue weighted by molar-refractivity contribution is -0.123. The zero-order chi connectivity index (χ0) is 22.9. The lowest BCUT2D eigenvalue weighted by Gasteiger charge is -2.22.